The molecular formula is C16H34Cl3O3V. The Balaban J connectivity index is 4.67. The monoisotopic (exact) mass is 430 g/mol. The molecule has 3 nitrogen and oxygen atoms in total. The number of hydrogen-bond donors (Lipinski definition) is 0. The zero-order chi connectivity index (χ0) is 18.0. The maximum absolute atomic E-state index is 12.9. The van der Waals surface area contributed by atoms with Gasteiger partial charge in [0.1, 0.15) is 0 Å². The summed E-state index contributed by atoms with van der Waals surface area (Å²) in [6.45, 7) is 8.67. The van der Waals surface area contributed by atoms with E-state index in [2.05, 4.69) is 27.7 Å². The van der Waals surface area contributed by atoms with Gasteiger partial charge in [-0.3, -0.25) is 0 Å². The Morgan fingerprint density at radius 1 is 0.783 bits per heavy atom. The molecule has 0 bridgehead atoms. The predicted octanol–water partition coefficient (Wildman–Crippen LogP) is 7.31. The van der Waals surface area contributed by atoms with Crippen molar-refractivity contribution in [1.29, 1.82) is 0 Å². The molecule has 0 fully saturated rings. The Kier molecular flexibility index (Phi) is 10.3. The third-order valence-corrected chi connectivity index (χ3v) is 8.66. The van der Waals surface area contributed by atoms with Gasteiger partial charge in [-0.1, -0.05) is 0 Å². The van der Waals surface area contributed by atoms with Gasteiger partial charge in [0.15, 0.2) is 0 Å². The van der Waals surface area contributed by atoms with Crippen molar-refractivity contribution in [2.45, 2.75) is 79.1 Å². The van der Waals surface area contributed by atoms with Crippen molar-refractivity contribution >= 4 is 29.5 Å². The van der Waals surface area contributed by atoms with Gasteiger partial charge in [0.2, 0.25) is 0 Å². The average molecular weight is 432 g/mol. The molecule has 2 atom stereocenters. The van der Waals surface area contributed by atoms with Gasteiger partial charge in [-0.2, -0.15) is 0 Å². The van der Waals surface area contributed by atoms with Crippen LogP contribution in [0.4, 0.5) is 0 Å². The van der Waals surface area contributed by atoms with Gasteiger partial charge in [0, 0.05) is 0 Å². The van der Waals surface area contributed by atoms with Crippen molar-refractivity contribution in [2.75, 3.05) is 13.2 Å². The fourth-order valence-electron chi connectivity index (χ4n) is 2.34. The Bertz CT molecular complexity index is 381. The van der Waals surface area contributed by atoms with Gasteiger partial charge in [-0.15, -0.1) is 0 Å². The summed E-state index contributed by atoms with van der Waals surface area (Å²) in [4.78, 5) is 0. The second-order valence-corrected chi connectivity index (χ2v) is 21.9. The van der Waals surface area contributed by atoms with E-state index in [4.69, 9.17) is 36.9 Å². The van der Waals surface area contributed by atoms with Crippen LogP contribution in [0.15, 0.2) is 0 Å². The summed E-state index contributed by atoms with van der Waals surface area (Å²) in [6.07, 6.45) is 8.06. The summed E-state index contributed by atoms with van der Waals surface area (Å²) in [5.41, 5.74) is 0. The van der Waals surface area contributed by atoms with E-state index in [0.29, 0.717) is 0 Å². The number of hydrogen-bond acceptors (Lipinski definition) is 3. The summed E-state index contributed by atoms with van der Waals surface area (Å²) >= 11 is 0. The first-order valence-electron chi connectivity index (χ1n) is 8.91. The van der Waals surface area contributed by atoms with E-state index >= 15 is 0 Å². The summed E-state index contributed by atoms with van der Waals surface area (Å²) in [5.74, 6) is 0.448. The molecule has 0 rings (SSSR count). The van der Waals surface area contributed by atoms with Crippen molar-refractivity contribution in [2.24, 2.45) is 11.8 Å². The molecule has 0 N–H and O–H groups in total. The zero-order valence-corrected chi connectivity index (χ0v) is 18.7. The van der Waals surface area contributed by atoms with Gasteiger partial charge in [-0.05, 0) is 0 Å². The van der Waals surface area contributed by atoms with Gasteiger partial charge in [0.05, 0.1) is 0 Å². The molecule has 0 aromatic carbocycles. The first-order valence-corrected chi connectivity index (χ1v) is 16.4. The van der Waals surface area contributed by atoms with E-state index in [9.17, 15) is 3.67 Å². The second kappa shape index (κ2) is 9.76. The molecule has 0 saturated heterocycles. The molecule has 142 valence electrons. The Morgan fingerprint density at radius 2 is 1.13 bits per heavy atom. The molecule has 0 aromatic rings. The third-order valence-electron chi connectivity index (χ3n) is 4.21. The van der Waals surface area contributed by atoms with Gasteiger partial charge >= 0.3 is 154 Å². The molecule has 23 heavy (non-hydrogen) atoms. The first-order chi connectivity index (χ1) is 10.5. The molecular weight excluding hydrogens is 397 g/mol. The Hall–Kier alpha value is 1.17. The van der Waals surface area contributed by atoms with Crippen molar-refractivity contribution in [3.05, 3.63) is 0 Å². The van der Waals surface area contributed by atoms with Gasteiger partial charge in [-0.25, -0.2) is 0 Å². The van der Waals surface area contributed by atoms with E-state index in [1.54, 1.807) is 0 Å². The summed E-state index contributed by atoms with van der Waals surface area (Å²) in [5, 5.41) is 0. The van der Waals surface area contributed by atoms with E-state index in [-0.39, 0.29) is 25.0 Å². The van der Waals surface area contributed by atoms with Crippen LogP contribution in [-0.2, 0) is 20.5 Å². The van der Waals surface area contributed by atoms with Crippen LogP contribution >= 0.6 is 29.5 Å². The van der Waals surface area contributed by atoms with Crippen LogP contribution in [0.2, 0.25) is 0 Å². The Labute approximate surface area is 153 Å². The SMILES string of the molecule is CCCCC(CC)C[O][V](=[O])([Cl])([Cl])([Cl])[O]CC(CC)CCCC. The topological polar surface area (TPSA) is 35.5 Å². The van der Waals surface area contributed by atoms with E-state index in [0.717, 1.165) is 51.4 Å². The van der Waals surface area contributed by atoms with Crippen LogP contribution in [0.3, 0.4) is 0 Å². The molecule has 0 radical (unpaired) electrons. The Morgan fingerprint density at radius 3 is 1.39 bits per heavy atom. The molecule has 0 spiro atoms. The van der Waals surface area contributed by atoms with Crippen molar-refractivity contribution in [3.63, 3.8) is 0 Å². The van der Waals surface area contributed by atoms with E-state index in [1.165, 1.54) is 0 Å². The van der Waals surface area contributed by atoms with Crippen LogP contribution in [0.1, 0.15) is 79.1 Å². The zero-order valence-electron chi connectivity index (χ0n) is 15.0. The van der Waals surface area contributed by atoms with Crippen LogP contribution < -0.4 is 0 Å². The number of halogens is 3. The van der Waals surface area contributed by atoms with Crippen LogP contribution in [0, 0.1) is 11.8 Å². The second-order valence-electron chi connectivity index (χ2n) is 6.46. The summed E-state index contributed by atoms with van der Waals surface area (Å²) in [7, 11) is 11.6. The molecule has 0 heterocycles. The fourth-order valence-corrected chi connectivity index (χ4v) is 5.41. The van der Waals surface area contributed by atoms with Crippen molar-refractivity contribution in [3.8, 4) is 0 Å². The van der Waals surface area contributed by atoms with Gasteiger partial charge in [0.25, 0.3) is 0 Å². The predicted molar refractivity (Wildman–Crippen MR) is 96.8 cm³/mol. The molecule has 2 unspecified atom stereocenters. The number of rotatable bonds is 14. The first kappa shape index (κ1) is 24.2. The standard InChI is InChI=1S/2C8H17O.3ClH.O.V/c2*1-3-5-6-8(4-2)7-9;;;;;/h2*8H,3-7H2,1-2H3;3*1H;;/q2*-1;;;;;+5/p-3. The summed E-state index contributed by atoms with van der Waals surface area (Å²) < 4.78 is 23.6. The van der Waals surface area contributed by atoms with Crippen LogP contribution in [0.25, 0.3) is 0 Å². The van der Waals surface area contributed by atoms with Crippen molar-refractivity contribution < 1.29 is 20.5 Å². The molecule has 0 amide bonds. The minimum absolute atomic E-state index is 0.155. The normalized spacial score (nSPS) is 18.2. The maximum atomic E-state index is 12.9. The molecule has 7 heteroatoms. The van der Waals surface area contributed by atoms with Crippen molar-refractivity contribution in [1.82, 2.24) is 0 Å². The molecule has 0 aliphatic rings. The molecule has 0 aromatic heterocycles. The molecule has 0 aliphatic carbocycles. The van der Waals surface area contributed by atoms with E-state index < -0.39 is 9.53 Å². The minimum atomic E-state index is -6.45. The molecule has 0 aliphatic heterocycles. The fraction of sp³-hybridized carbons (Fsp3) is 1.00. The average Bonchev–Trinajstić information content (AvgIpc) is 2.47. The van der Waals surface area contributed by atoms with Crippen LogP contribution in [0.5, 0.6) is 0 Å². The molecule has 0 saturated carbocycles. The number of unbranched alkanes of at least 4 members (excludes halogenated alkanes) is 2. The third kappa shape index (κ3) is 12.2. The van der Waals surface area contributed by atoms with Crippen LogP contribution in [-0.4, -0.2) is 13.2 Å². The van der Waals surface area contributed by atoms with Gasteiger partial charge < -0.3 is 0 Å². The summed E-state index contributed by atoms with van der Waals surface area (Å²) in [6, 6.07) is 0. The quantitative estimate of drug-likeness (QED) is 0.289. The van der Waals surface area contributed by atoms with E-state index in [1.807, 2.05) is 0 Å².